The molecule has 0 saturated carbocycles. The van der Waals surface area contributed by atoms with Crippen LogP contribution in [0.1, 0.15) is 17.7 Å². The molecule has 2 nitrogen and oxygen atoms in total. The van der Waals surface area contributed by atoms with Gasteiger partial charge in [-0.1, -0.05) is 18.2 Å². The van der Waals surface area contributed by atoms with Crippen molar-refractivity contribution in [3.8, 4) is 0 Å². The third-order valence-corrected chi connectivity index (χ3v) is 4.59. The Morgan fingerprint density at radius 1 is 1.24 bits per heavy atom. The van der Waals surface area contributed by atoms with Crippen molar-refractivity contribution in [2.24, 2.45) is 5.73 Å². The highest BCUT2D eigenvalue weighted by atomic mass is 32.1. The van der Waals surface area contributed by atoms with Crippen molar-refractivity contribution < 1.29 is 0 Å². The number of nitrogens with two attached hydrogens (primary N) is 1. The van der Waals surface area contributed by atoms with E-state index in [0.717, 1.165) is 32.5 Å². The van der Waals surface area contributed by atoms with Crippen LogP contribution in [0, 0.1) is 0 Å². The molecule has 2 aromatic rings. The number of hydrogen-bond acceptors (Lipinski definition) is 3. The van der Waals surface area contributed by atoms with Crippen molar-refractivity contribution in [3.63, 3.8) is 0 Å². The topological polar surface area (TPSA) is 29.3 Å². The minimum absolute atomic E-state index is 0.425. The molecule has 0 unspecified atom stereocenters. The van der Waals surface area contributed by atoms with Gasteiger partial charge in [0, 0.05) is 22.2 Å². The van der Waals surface area contributed by atoms with Crippen LogP contribution in [0.25, 0.3) is 10.1 Å². The number of hydrogen-bond donors (Lipinski definition) is 1. The van der Waals surface area contributed by atoms with E-state index in [9.17, 15) is 0 Å². The van der Waals surface area contributed by atoms with Gasteiger partial charge in [-0.05, 0) is 43.5 Å². The van der Waals surface area contributed by atoms with Gasteiger partial charge in [0.1, 0.15) is 0 Å². The summed E-state index contributed by atoms with van der Waals surface area (Å²) in [6.45, 7) is 3.39. The number of piperidine rings is 1. The average molecular weight is 246 g/mol. The van der Waals surface area contributed by atoms with E-state index in [-0.39, 0.29) is 0 Å². The molecule has 2 heterocycles. The Morgan fingerprint density at radius 3 is 2.76 bits per heavy atom. The van der Waals surface area contributed by atoms with Crippen molar-refractivity contribution in [2.75, 3.05) is 13.1 Å². The highest BCUT2D eigenvalue weighted by Crippen LogP contribution is 2.26. The molecule has 90 valence electrons. The predicted molar refractivity (Wildman–Crippen MR) is 74.3 cm³/mol. The number of benzene rings is 1. The molecule has 0 amide bonds. The van der Waals surface area contributed by atoms with E-state index in [0.29, 0.717) is 6.04 Å². The molecule has 0 bridgehead atoms. The monoisotopic (exact) mass is 246 g/mol. The van der Waals surface area contributed by atoms with E-state index in [1.807, 2.05) is 11.3 Å². The lowest BCUT2D eigenvalue weighted by Crippen LogP contribution is -2.39. The lowest BCUT2D eigenvalue weighted by atomic mass is 10.1. The molecule has 1 aromatic heterocycles. The summed E-state index contributed by atoms with van der Waals surface area (Å²) in [4.78, 5) is 4.00. The number of rotatable bonds is 2. The zero-order valence-corrected chi connectivity index (χ0v) is 10.7. The van der Waals surface area contributed by atoms with Crippen LogP contribution in [0.3, 0.4) is 0 Å². The van der Waals surface area contributed by atoms with E-state index in [2.05, 4.69) is 35.2 Å². The van der Waals surface area contributed by atoms with Crippen LogP contribution in [0.15, 0.2) is 30.3 Å². The third-order valence-electron chi connectivity index (χ3n) is 3.49. The van der Waals surface area contributed by atoms with E-state index in [1.165, 1.54) is 15.0 Å². The van der Waals surface area contributed by atoms with E-state index in [4.69, 9.17) is 5.73 Å². The fourth-order valence-electron chi connectivity index (χ4n) is 2.45. The van der Waals surface area contributed by atoms with Crippen LogP contribution >= 0.6 is 11.3 Å². The summed E-state index contributed by atoms with van der Waals surface area (Å²) in [5, 5.41) is 1.38. The first-order chi connectivity index (χ1) is 8.31. The molecule has 1 fully saturated rings. The van der Waals surface area contributed by atoms with Gasteiger partial charge in [-0.25, -0.2) is 0 Å². The molecule has 3 rings (SSSR count). The molecule has 1 aliphatic rings. The van der Waals surface area contributed by atoms with Gasteiger partial charge in [-0.2, -0.15) is 0 Å². The number of nitrogens with zero attached hydrogens (tertiary/aromatic N) is 1. The third kappa shape index (κ3) is 2.51. The molecular formula is C14H18N2S. The lowest BCUT2D eigenvalue weighted by molar-refractivity contribution is 0.207. The van der Waals surface area contributed by atoms with E-state index < -0.39 is 0 Å². The SMILES string of the molecule is NC1CCN(Cc2cc3ccccc3s2)CC1. The summed E-state index contributed by atoms with van der Waals surface area (Å²) in [6.07, 6.45) is 2.29. The first-order valence-electron chi connectivity index (χ1n) is 6.27. The van der Waals surface area contributed by atoms with E-state index in [1.54, 1.807) is 0 Å². The minimum Gasteiger partial charge on any atom is -0.328 e. The van der Waals surface area contributed by atoms with Crippen LogP contribution in [0.5, 0.6) is 0 Å². The van der Waals surface area contributed by atoms with Crippen LogP contribution in [0.4, 0.5) is 0 Å². The van der Waals surface area contributed by atoms with Crippen molar-refractivity contribution in [1.82, 2.24) is 4.90 Å². The Bertz CT molecular complexity index is 465. The maximum Gasteiger partial charge on any atom is 0.0346 e. The molecule has 0 atom stereocenters. The van der Waals surface area contributed by atoms with Crippen molar-refractivity contribution >= 4 is 21.4 Å². The normalized spacial score (nSPS) is 18.9. The van der Waals surface area contributed by atoms with Crippen LogP contribution in [-0.4, -0.2) is 24.0 Å². The van der Waals surface area contributed by atoms with Gasteiger partial charge in [0.25, 0.3) is 0 Å². The Morgan fingerprint density at radius 2 is 2.00 bits per heavy atom. The molecule has 17 heavy (non-hydrogen) atoms. The van der Waals surface area contributed by atoms with E-state index >= 15 is 0 Å². The second kappa shape index (κ2) is 4.77. The molecular weight excluding hydrogens is 228 g/mol. The molecule has 0 aliphatic carbocycles. The van der Waals surface area contributed by atoms with Crippen LogP contribution in [0.2, 0.25) is 0 Å². The molecule has 1 aromatic carbocycles. The number of likely N-dealkylation sites (tertiary alicyclic amines) is 1. The molecule has 1 saturated heterocycles. The molecule has 1 aliphatic heterocycles. The quantitative estimate of drug-likeness (QED) is 0.883. The number of fused-ring (bicyclic) bond motifs is 1. The summed E-state index contributed by atoms with van der Waals surface area (Å²) in [7, 11) is 0. The van der Waals surface area contributed by atoms with Crippen LogP contribution in [-0.2, 0) is 6.54 Å². The first-order valence-corrected chi connectivity index (χ1v) is 7.08. The second-order valence-corrected chi connectivity index (χ2v) is 6.03. The fraction of sp³-hybridized carbons (Fsp3) is 0.429. The average Bonchev–Trinajstić information content (AvgIpc) is 2.74. The predicted octanol–water partition coefficient (Wildman–Crippen LogP) is 2.82. The molecule has 2 N–H and O–H groups in total. The van der Waals surface area contributed by atoms with Crippen molar-refractivity contribution in [2.45, 2.75) is 25.4 Å². The van der Waals surface area contributed by atoms with Crippen molar-refractivity contribution in [1.29, 1.82) is 0 Å². The Balaban J connectivity index is 1.72. The summed E-state index contributed by atoms with van der Waals surface area (Å²) in [6, 6.07) is 11.4. The maximum absolute atomic E-state index is 5.93. The van der Waals surface area contributed by atoms with Gasteiger partial charge in [0.15, 0.2) is 0 Å². The van der Waals surface area contributed by atoms with Gasteiger partial charge in [-0.15, -0.1) is 11.3 Å². The summed E-state index contributed by atoms with van der Waals surface area (Å²) in [5.41, 5.74) is 5.93. The zero-order valence-electron chi connectivity index (χ0n) is 9.93. The number of thiophene rings is 1. The highest BCUT2D eigenvalue weighted by molar-refractivity contribution is 7.19. The van der Waals surface area contributed by atoms with Gasteiger partial charge < -0.3 is 5.73 Å². The van der Waals surface area contributed by atoms with Gasteiger partial charge in [-0.3, -0.25) is 4.90 Å². The summed E-state index contributed by atoms with van der Waals surface area (Å²) >= 11 is 1.92. The fourth-order valence-corrected chi connectivity index (χ4v) is 3.55. The van der Waals surface area contributed by atoms with Crippen molar-refractivity contribution in [3.05, 3.63) is 35.2 Å². The Labute approximate surface area is 106 Å². The second-order valence-electron chi connectivity index (χ2n) is 4.86. The summed E-state index contributed by atoms with van der Waals surface area (Å²) in [5.74, 6) is 0. The largest absolute Gasteiger partial charge is 0.328 e. The molecule has 3 heteroatoms. The minimum atomic E-state index is 0.425. The van der Waals surface area contributed by atoms with Gasteiger partial charge in [0.05, 0.1) is 0 Å². The highest BCUT2D eigenvalue weighted by Gasteiger charge is 2.16. The van der Waals surface area contributed by atoms with Crippen LogP contribution < -0.4 is 5.73 Å². The molecule has 0 spiro atoms. The first kappa shape index (κ1) is 11.2. The Kier molecular flexibility index (Phi) is 3.14. The Hall–Kier alpha value is -0.900. The standard InChI is InChI=1S/C14H18N2S/c15-12-5-7-16(8-6-12)10-13-9-11-3-1-2-4-14(11)17-13/h1-4,9,12H,5-8,10,15H2. The lowest BCUT2D eigenvalue weighted by Gasteiger charge is -2.29. The molecule has 0 radical (unpaired) electrons. The maximum atomic E-state index is 5.93. The van der Waals surface area contributed by atoms with Gasteiger partial charge in [0.2, 0.25) is 0 Å². The zero-order chi connectivity index (χ0) is 11.7. The van der Waals surface area contributed by atoms with Gasteiger partial charge >= 0.3 is 0 Å². The summed E-state index contributed by atoms with van der Waals surface area (Å²) < 4.78 is 1.40. The smallest absolute Gasteiger partial charge is 0.0346 e.